The minimum absolute atomic E-state index is 0.0128. The van der Waals surface area contributed by atoms with Crippen molar-refractivity contribution in [2.24, 2.45) is 0 Å². The van der Waals surface area contributed by atoms with Crippen molar-refractivity contribution in [3.05, 3.63) is 96.1 Å². The van der Waals surface area contributed by atoms with E-state index in [1.807, 2.05) is 41.3 Å². The van der Waals surface area contributed by atoms with Crippen molar-refractivity contribution in [1.29, 1.82) is 0 Å². The molecule has 0 unspecified atom stereocenters. The summed E-state index contributed by atoms with van der Waals surface area (Å²) in [5.74, 6) is 0.523. The van der Waals surface area contributed by atoms with Gasteiger partial charge in [0.1, 0.15) is 5.75 Å². The molecule has 1 heterocycles. The molecule has 31 heavy (non-hydrogen) atoms. The highest BCUT2D eigenvalue weighted by Crippen LogP contribution is 2.20. The summed E-state index contributed by atoms with van der Waals surface area (Å²) in [7, 11) is 0. The van der Waals surface area contributed by atoms with Gasteiger partial charge in [0.05, 0.1) is 0 Å². The van der Waals surface area contributed by atoms with E-state index in [0.29, 0.717) is 11.3 Å². The number of benzene rings is 3. The third-order valence-electron chi connectivity index (χ3n) is 5.40. The maximum Gasteiger partial charge on any atom is 0.260 e. The number of carbonyl (C=O) groups excluding carboxylic acids is 2. The lowest BCUT2D eigenvalue weighted by Gasteiger charge is -2.15. The molecule has 3 aromatic carbocycles. The molecule has 0 radical (unpaired) electrons. The van der Waals surface area contributed by atoms with Crippen LogP contribution < -0.4 is 4.74 Å². The van der Waals surface area contributed by atoms with E-state index < -0.39 is 0 Å². The number of ketones is 1. The van der Waals surface area contributed by atoms with Gasteiger partial charge in [0, 0.05) is 18.7 Å². The molecule has 1 fully saturated rings. The summed E-state index contributed by atoms with van der Waals surface area (Å²) in [6.07, 6.45) is 5.51. The van der Waals surface area contributed by atoms with Crippen molar-refractivity contribution in [3.8, 4) is 16.9 Å². The second-order valence-electron chi connectivity index (χ2n) is 7.59. The predicted octanol–water partition coefficient (Wildman–Crippen LogP) is 5.25. The van der Waals surface area contributed by atoms with Gasteiger partial charge in [-0.15, -0.1) is 0 Å². The molecule has 4 heteroatoms. The van der Waals surface area contributed by atoms with Gasteiger partial charge in [0.25, 0.3) is 5.91 Å². The molecule has 1 amide bonds. The van der Waals surface area contributed by atoms with E-state index in [4.69, 9.17) is 4.74 Å². The zero-order valence-corrected chi connectivity index (χ0v) is 17.4. The second-order valence-corrected chi connectivity index (χ2v) is 7.59. The molecule has 156 valence electrons. The average molecular weight is 412 g/mol. The number of hydrogen-bond acceptors (Lipinski definition) is 3. The Balaban J connectivity index is 1.32. The van der Waals surface area contributed by atoms with Gasteiger partial charge >= 0.3 is 0 Å². The Hall–Kier alpha value is -3.66. The highest BCUT2D eigenvalue weighted by atomic mass is 16.5. The third-order valence-corrected chi connectivity index (χ3v) is 5.40. The van der Waals surface area contributed by atoms with Crippen molar-refractivity contribution in [3.63, 3.8) is 0 Å². The summed E-state index contributed by atoms with van der Waals surface area (Å²) in [4.78, 5) is 26.4. The van der Waals surface area contributed by atoms with Crippen LogP contribution in [0, 0.1) is 0 Å². The van der Waals surface area contributed by atoms with Crippen molar-refractivity contribution in [2.45, 2.75) is 12.8 Å². The zero-order valence-electron chi connectivity index (χ0n) is 17.4. The van der Waals surface area contributed by atoms with E-state index >= 15 is 0 Å². The van der Waals surface area contributed by atoms with E-state index in [2.05, 4.69) is 24.3 Å². The van der Waals surface area contributed by atoms with Crippen LogP contribution >= 0.6 is 0 Å². The molecular formula is C27H25NO3. The van der Waals surface area contributed by atoms with Crippen LogP contribution in [-0.2, 0) is 4.79 Å². The smallest absolute Gasteiger partial charge is 0.260 e. The highest BCUT2D eigenvalue weighted by Gasteiger charge is 2.18. The Labute approximate surface area is 182 Å². The van der Waals surface area contributed by atoms with Crippen LogP contribution in [0.4, 0.5) is 0 Å². The first-order valence-corrected chi connectivity index (χ1v) is 10.6. The Morgan fingerprint density at radius 1 is 0.806 bits per heavy atom. The van der Waals surface area contributed by atoms with Crippen LogP contribution in [0.3, 0.4) is 0 Å². The average Bonchev–Trinajstić information content (AvgIpc) is 3.37. The fraction of sp³-hybridized carbons (Fsp3) is 0.185. The SMILES string of the molecule is O=C(/C=C/c1ccc(-c2ccccc2)cc1)c1ccc(OCC(=O)N2CCCC2)cc1. The van der Waals surface area contributed by atoms with Crippen LogP contribution in [0.2, 0.25) is 0 Å². The largest absolute Gasteiger partial charge is 0.484 e. The molecule has 0 bridgehead atoms. The number of rotatable bonds is 7. The van der Waals surface area contributed by atoms with Gasteiger partial charge in [0.15, 0.2) is 12.4 Å². The summed E-state index contributed by atoms with van der Waals surface area (Å²) < 4.78 is 5.57. The summed E-state index contributed by atoms with van der Waals surface area (Å²) in [6, 6.07) is 25.2. The number of nitrogens with zero attached hydrogens (tertiary/aromatic N) is 1. The molecule has 0 N–H and O–H groups in total. The first-order chi connectivity index (χ1) is 15.2. The maximum absolute atomic E-state index is 12.5. The standard InChI is InChI=1S/C27H25NO3/c29-26(17-10-21-8-11-23(12-9-21)22-6-2-1-3-7-22)24-13-15-25(16-14-24)31-20-27(30)28-18-4-5-19-28/h1-3,6-17H,4-5,18-20H2/b17-10+. The topological polar surface area (TPSA) is 46.6 Å². The second kappa shape index (κ2) is 9.90. The first-order valence-electron chi connectivity index (χ1n) is 10.6. The Bertz CT molecular complexity index is 1050. The molecule has 0 aliphatic carbocycles. The van der Waals surface area contributed by atoms with Crippen molar-refractivity contribution in [1.82, 2.24) is 4.90 Å². The normalized spacial score (nSPS) is 13.5. The molecule has 1 aliphatic rings. The van der Waals surface area contributed by atoms with Crippen LogP contribution in [0.5, 0.6) is 5.75 Å². The predicted molar refractivity (Wildman–Crippen MR) is 123 cm³/mol. The van der Waals surface area contributed by atoms with Crippen molar-refractivity contribution >= 4 is 17.8 Å². The molecular weight excluding hydrogens is 386 g/mol. The van der Waals surface area contributed by atoms with Gasteiger partial charge < -0.3 is 9.64 Å². The molecule has 0 saturated carbocycles. The summed E-state index contributed by atoms with van der Waals surface area (Å²) in [5, 5.41) is 0. The minimum Gasteiger partial charge on any atom is -0.484 e. The van der Waals surface area contributed by atoms with Gasteiger partial charge in [-0.2, -0.15) is 0 Å². The lowest BCUT2D eigenvalue weighted by molar-refractivity contribution is -0.132. The monoisotopic (exact) mass is 411 g/mol. The fourth-order valence-electron chi connectivity index (χ4n) is 3.60. The number of amides is 1. The molecule has 1 saturated heterocycles. The number of allylic oxidation sites excluding steroid dienone is 1. The van der Waals surface area contributed by atoms with E-state index in [-0.39, 0.29) is 18.3 Å². The van der Waals surface area contributed by atoms with E-state index in [9.17, 15) is 9.59 Å². The number of hydrogen-bond donors (Lipinski definition) is 0. The molecule has 0 aromatic heterocycles. The third kappa shape index (κ3) is 5.48. The number of likely N-dealkylation sites (tertiary alicyclic amines) is 1. The van der Waals surface area contributed by atoms with Crippen LogP contribution in [0.15, 0.2) is 84.9 Å². The van der Waals surface area contributed by atoms with E-state index in [1.165, 1.54) is 5.56 Å². The molecule has 0 spiro atoms. The van der Waals surface area contributed by atoms with Crippen molar-refractivity contribution in [2.75, 3.05) is 19.7 Å². The summed E-state index contributed by atoms with van der Waals surface area (Å²) in [6.45, 7) is 1.67. The van der Waals surface area contributed by atoms with Gasteiger partial charge in [-0.1, -0.05) is 60.7 Å². The van der Waals surface area contributed by atoms with Gasteiger partial charge in [-0.25, -0.2) is 0 Å². The highest BCUT2D eigenvalue weighted by molar-refractivity contribution is 6.06. The zero-order chi connectivity index (χ0) is 21.5. The van der Waals surface area contributed by atoms with E-state index in [1.54, 1.807) is 30.3 Å². The Morgan fingerprint density at radius 3 is 2.13 bits per heavy atom. The number of carbonyl (C=O) groups is 2. The van der Waals surface area contributed by atoms with Crippen molar-refractivity contribution < 1.29 is 14.3 Å². The fourth-order valence-corrected chi connectivity index (χ4v) is 3.60. The van der Waals surface area contributed by atoms with Gasteiger partial charge in [-0.3, -0.25) is 9.59 Å². The molecule has 4 nitrogen and oxygen atoms in total. The van der Waals surface area contributed by atoms with Crippen LogP contribution in [0.25, 0.3) is 17.2 Å². The van der Waals surface area contributed by atoms with Crippen LogP contribution in [-0.4, -0.2) is 36.3 Å². The Morgan fingerprint density at radius 2 is 1.45 bits per heavy atom. The Kier molecular flexibility index (Phi) is 6.58. The quantitative estimate of drug-likeness (QED) is 0.394. The first kappa shape index (κ1) is 20.6. The molecule has 3 aromatic rings. The lowest BCUT2D eigenvalue weighted by atomic mass is 10.0. The molecule has 1 aliphatic heterocycles. The lowest BCUT2D eigenvalue weighted by Crippen LogP contribution is -2.32. The number of ether oxygens (including phenoxy) is 1. The van der Waals surface area contributed by atoms with Crippen LogP contribution in [0.1, 0.15) is 28.8 Å². The summed E-state index contributed by atoms with van der Waals surface area (Å²) in [5.41, 5.74) is 3.85. The molecule has 0 atom stereocenters. The summed E-state index contributed by atoms with van der Waals surface area (Å²) >= 11 is 0. The maximum atomic E-state index is 12.5. The van der Waals surface area contributed by atoms with Gasteiger partial charge in [-0.05, 0) is 59.9 Å². The minimum atomic E-state index is -0.0770. The molecule has 4 rings (SSSR count). The van der Waals surface area contributed by atoms with Gasteiger partial charge in [0.2, 0.25) is 0 Å². The van der Waals surface area contributed by atoms with E-state index in [0.717, 1.165) is 37.1 Å².